The maximum atomic E-state index is 9.22. The first kappa shape index (κ1) is 11.3. The Hall–Kier alpha value is -1.79. The molecule has 0 atom stereocenters. The summed E-state index contributed by atoms with van der Waals surface area (Å²) < 4.78 is 1.68. The van der Waals surface area contributed by atoms with Gasteiger partial charge in [-0.05, 0) is 31.4 Å². The molecule has 0 saturated heterocycles. The van der Waals surface area contributed by atoms with E-state index in [2.05, 4.69) is 11.2 Å². The third-order valence-electron chi connectivity index (χ3n) is 3.28. The fraction of sp³-hybridized carbons (Fsp3) is 0.286. The number of aromatic nitrogens is 2. The molecule has 1 aromatic heterocycles. The number of nitriles is 1. The van der Waals surface area contributed by atoms with E-state index in [0.717, 1.165) is 29.8 Å². The SMILES string of the molecule is Cc1ccccc1-n1nc(C2CC2)c(C#N)c1Cl. The van der Waals surface area contributed by atoms with Gasteiger partial charge in [0.05, 0.1) is 11.4 Å². The molecule has 0 radical (unpaired) electrons. The number of nitrogens with zero attached hydrogens (tertiary/aromatic N) is 3. The molecule has 1 aliphatic rings. The van der Waals surface area contributed by atoms with Gasteiger partial charge in [-0.15, -0.1) is 0 Å². The van der Waals surface area contributed by atoms with Gasteiger partial charge in [0.1, 0.15) is 11.6 Å². The van der Waals surface area contributed by atoms with Crippen molar-refractivity contribution in [1.29, 1.82) is 5.26 Å². The van der Waals surface area contributed by atoms with Gasteiger partial charge in [0.25, 0.3) is 0 Å². The molecule has 2 aromatic rings. The van der Waals surface area contributed by atoms with E-state index in [9.17, 15) is 5.26 Å². The minimum atomic E-state index is 0.419. The van der Waals surface area contributed by atoms with Crippen molar-refractivity contribution in [3.05, 3.63) is 46.2 Å². The minimum Gasteiger partial charge on any atom is -0.220 e. The van der Waals surface area contributed by atoms with E-state index in [1.54, 1.807) is 4.68 Å². The Balaban J connectivity index is 2.19. The number of rotatable bonds is 2. The molecule has 1 fully saturated rings. The van der Waals surface area contributed by atoms with Gasteiger partial charge in [0.2, 0.25) is 0 Å². The Morgan fingerprint density at radius 1 is 1.39 bits per heavy atom. The molecule has 0 bridgehead atoms. The van der Waals surface area contributed by atoms with Crippen molar-refractivity contribution in [3.8, 4) is 11.8 Å². The lowest BCUT2D eigenvalue weighted by molar-refractivity contribution is 0.832. The van der Waals surface area contributed by atoms with Crippen molar-refractivity contribution in [1.82, 2.24) is 9.78 Å². The van der Waals surface area contributed by atoms with Crippen molar-refractivity contribution in [3.63, 3.8) is 0 Å². The number of halogens is 1. The van der Waals surface area contributed by atoms with Gasteiger partial charge in [-0.1, -0.05) is 29.8 Å². The van der Waals surface area contributed by atoms with Gasteiger partial charge in [0.15, 0.2) is 5.15 Å². The number of aryl methyl sites for hydroxylation is 1. The summed E-state index contributed by atoms with van der Waals surface area (Å²) in [5.41, 5.74) is 3.41. The van der Waals surface area contributed by atoms with Crippen molar-refractivity contribution >= 4 is 11.6 Å². The molecule has 0 amide bonds. The van der Waals surface area contributed by atoms with Crippen LogP contribution in [-0.4, -0.2) is 9.78 Å². The zero-order chi connectivity index (χ0) is 12.7. The standard InChI is InChI=1S/C14H12ClN3/c1-9-4-2-3-5-12(9)18-14(15)11(8-16)13(17-18)10-6-7-10/h2-5,10H,6-7H2,1H3. The monoisotopic (exact) mass is 257 g/mol. The summed E-state index contributed by atoms with van der Waals surface area (Å²) in [5, 5.41) is 14.2. The smallest absolute Gasteiger partial charge is 0.150 e. The molecular formula is C14H12ClN3. The number of benzene rings is 1. The maximum absolute atomic E-state index is 9.22. The molecule has 3 rings (SSSR count). The van der Waals surface area contributed by atoms with Crippen molar-refractivity contribution in [2.45, 2.75) is 25.7 Å². The van der Waals surface area contributed by atoms with Crippen LogP contribution >= 0.6 is 11.6 Å². The van der Waals surface area contributed by atoms with Crippen LogP contribution in [0.15, 0.2) is 24.3 Å². The summed E-state index contributed by atoms with van der Waals surface area (Å²) in [6, 6.07) is 10.1. The Bertz CT molecular complexity index is 648. The van der Waals surface area contributed by atoms with Crippen LogP contribution in [0.1, 0.15) is 35.6 Å². The molecule has 18 heavy (non-hydrogen) atoms. The summed E-state index contributed by atoms with van der Waals surface area (Å²) in [5.74, 6) is 0.419. The highest BCUT2D eigenvalue weighted by Crippen LogP contribution is 2.42. The van der Waals surface area contributed by atoms with Crippen molar-refractivity contribution in [2.24, 2.45) is 0 Å². The lowest BCUT2D eigenvalue weighted by atomic mass is 10.2. The van der Waals surface area contributed by atoms with Gasteiger partial charge in [-0.2, -0.15) is 10.4 Å². The van der Waals surface area contributed by atoms with Crippen LogP contribution in [0.3, 0.4) is 0 Å². The predicted octanol–water partition coefficient (Wildman–Crippen LogP) is 3.58. The summed E-state index contributed by atoms with van der Waals surface area (Å²) >= 11 is 6.29. The Kier molecular flexibility index (Phi) is 2.61. The second-order valence-electron chi connectivity index (χ2n) is 4.64. The summed E-state index contributed by atoms with van der Waals surface area (Å²) in [6.45, 7) is 2.01. The van der Waals surface area contributed by atoms with E-state index in [-0.39, 0.29) is 0 Å². The Morgan fingerprint density at radius 2 is 2.11 bits per heavy atom. The van der Waals surface area contributed by atoms with Gasteiger partial charge in [0, 0.05) is 5.92 Å². The molecule has 1 aliphatic carbocycles. The largest absolute Gasteiger partial charge is 0.220 e. The van der Waals surface area contributed by atoms with E-state index in [1.165, 1.54) is 0 Å². The molecule has 1 saturated carbocycles. The second-order valence-corrected chi connectivity index (χ2v) is 4.99. The van der Waals surface area contributed by atoms with E-state index in [1.807, 2.05) is 31.2 Å². The quantitative estimate of drug-likeness (QED) is 0.825. The number of hydrogen-bond donors (Lipinski definition) is 0. The summed E-state index contributed by atoms with van der Waals surface area (Å²) in [6.07, 6.45) is 2.21. The van der Waals surface area contributed by atoms with Crippen LogP contribution in [0, 0.1) is 18.3 Å². The van der Waals surface area contributed by atoms with Crippen LogP contribution in [0.4, 0.5) is 0 Å². The number of hydrogen-bond acceptors (Lipinski definition) is 2. The molecule has 0 N–H and O–H groups in total. The molecular weight excluding hydrogens is 246 g/mol. The molecule has 0 unspecified atom stereocenters. The van der Waals surface area contributed by atoms with Gasteiger partial charge >= 0.3 is 0 Å². The normalized spacial score (nSPS) is 14.5. The topological polar surface area (TPSA) is 41.6 Å². The molecule has 0 aliphatic heterocycles. The Morgan fingerprint density at radius 3 is 2.72 bits per heavy atom. The first-order chi connectivity index (χ1) is 8.72. The van der Waals surface area contributed by atoms with Gasteiger partial charge in [-0.3, -0.25) is 0 Å². The fourth-order valence-electron chi connectivity index (χ4n) is 2.12. The summed E-state index contributed by atoms with van der Waals surface area (Å²) in [4.78, 5) is 0. The highest BCUT2D eigenvalue weighted by Gasteiger charge is 2.31. The molecule has 1 aromatic carbocycles. The van der Waals surface area contributed by atoms with Crippen LogP contribution in [0.5, 0.6) is 0 Å². The molecule has 90 valence electrons. The van der Waals surface area contributed by atoms with E-state index < -0.39 is 0 Å². The molecule has 4 heteroatoms. The average Bonchev–Trinajstić information content (AvgIpc) is 3.15. The Labute approximate surface area is 111 Å². The average molecular weight is 258 g/mol. The maximum Gasteiger partial charge on any atom is 0.150 e. The van der Waals surface area contributed by atoms with Crippen LogP contribution in [0.2, 0.25) is 5.15 Å². The number of para-hydroxylation sites is 1. The minimum absolute atomic E-state index is 0.419. The van der Waals surface area contributed by atoms with Crippen molar-refractivity contribution in [2.75, 3.05) is 0 Å². The lowest BCUT2D eigenvalue weighted by Crippen LogP contribution is -1.99. The van der Waals surface area contributed by atoms with E-state index in [0.29, 0.717) is 16.6 Å². The zero-order valence-electron chi connectivity index (χ0n) is 10.0. The van der Waals surface area contributed by atoms with Crippen LogP contribution < -0.4 is 0 Å². The molecule has 1 heterocycles. The fourth-order valence-corrected chi connectivity index (χ4v) is 2.39. The van der Waals surface area contributed by atoms with Crippen molar-refractivity contribution < 1.29 is 0 Å². The second kappa shape index (κ2) is 4.15. The van der Waals surface area contributed by atoms with E-state index >= 15 is 0 Å². The third-order valence-corrected chi connectivity index (χ3v) is 3.62. The third kappa shape index (κ3) is 1.70. The van der Waals surface area contributed by atoms with Gasteiger partial charge < -0.3 is 0 Å². The highest BCUT2D eigenvalue weighted by molar-refractivity contribution is 6.31. The van der Waals surface area contributed by atoms with Gasteiger partial charge in [-0.25, -0.2) is 4.68 Å². The lowest BCUT2D eigenvalue weighted by Gasteiger charge is -2.06. The highest BCUT2D eigenvalue weighted by atomic mass is 35.5. The first-order valence-electron chi connectivity index (χ1n) is 5.97. The molecule has 0 spiro atoms. The first-order valence-corrected chi connectivity index (χ1v) is 6.34. The van der Waals surface area contributed by atoms with Crippen LogP contribution in [0.25, 0.3) is 5.69 Å². The molecule has 3 nitrogen and oxygen atoms in total. The summed E-state index contributed by atoms with van der Waals surface area (Å²) in [7, 11) is 0. The van der Waals surface area contributed by atoms with Crippen LogP contribution in [-0.2, 0) is 0 Å². The predicted molar refractivity (Wildman–Crippen MR) is 70.0 cm³/mol. The van der Waals surface area contributed by atoms with E-state index in [4.69, 9.17) is 11.6 Å². The zero-order valence-corrected chi connectivity index (χ0v) is 10.8.